The van der Waals surface area contributed by atoms with Crippen LogP contribution in [0.3, 0.4) is 0 Å². The predicted molar refractivity (Wildman–Crippen MR) is 79.1 cm³/mol. The van der Waals surface area contributed by atoms with E-state index < -0.39 is 11.4 Å². The van der Waals surface area contributed by atoms with Crippen LogP contribution in [0.2, 0.25) is 0 Å². The number of hydrogen-bond donors (Lipinski definition) is 1. The van der Waals surface area contributed by atoms with E-state index in [0.29, 0.717) is 0 Å². The highest BCUT2D eigenvalue weighted by Crippen LogP contribution is 2.32. The monoisotopic (exact) mass is 272 g/mol. The molecule has 0 bridgehead atoms. The Balaban J connectivity index is 2.06. The van der Waals surface area contributed by atoms with E-state index in [1.807, 2.05) is 13.8 Å². The van der Waals surface area contributed by atoms with E-state index in [9.17, 15) is 4.79 Å². The molecular formula is C15H28O2S. The van der Waals surface area contributed by atoms with Crippen molar-refractivity contribution in [1.82, 2.24) is 0 Å². The lowest BCUT2D eigenvalue weighted by molar-refractivity contribution is -0.147. The van der Waals surface area contributed by atoms with Crippen molar-refractivity contribution >= 4 is 17.7 Å². The quantitative estimate of drug-likeness (QED) is 0.689. The first kappa shape index (κ1) is 15.9. The number of rotatable bonds is 7. The van der Waals surface area contributed by atoms with E-state index in [2.05, 4.69) is 18.7 Å². The molecule has 0 aromatic carbocycles. The van der Waals surface area contributed by atoms with Crippen LogP contribution in [-0.2, 0) is 4.79 Å². The van der Waals surface area contributed by atoms with Crippen LogP contribution in [0.5, 0.6) is 0 Å². The number of carboxylic acid groups (broad SMARTS) is 1. The third-order valence-electron chi connectivity index (χ3n) is 4.02. The van der Waals surface area contributed by atoms with Crippen LogP contribution < -0.4 is 0 Å². The average Bonchev–Trinajstić information content (AvgIpc) is 2.28. The Kier molecular flexibility index (Phi) is 6.54. The molecule has 1 saturated carbocycles. The molecule has 1 fully saturated rings. The largest absolute Gasteiger partial charge is 0.481 e. The van der Waals surface area contributed by atoms with Gasteiger partial charge in [0.1, 0.15) is 0 Å². The van der Waals surface area contributed by atoms with E-state index in [4.69, 9.17) is 5.11 Å². The second-order valence-electron chi connectivity index (χ2n) is 6.41. The zero-order valence-electron chi connectivity index (χ0n) is 12.1. The summed E-state index contributed by atoms with van der Waals surface area (Å²) in [6.07, 6.45) is 8.56. The fourth-order valence-electron chi connectivity index (χ4n) is 2.56. The van der Waals surface area contributed by atoms with Crippen molar-refractivity contribution in [3.05, 3.63) is 0 Å². The summed E-state index contributed by atoms with van der Waals surface area (Å²) in [5, 5.41) is 9.89. The number of unbranched alkanes of at least 4 members (excludes halogenated alkanes) is 1. The highest BCUT2D eigenvalue weighted by molar-refractivity contribution is 7.99. The Morgan fingerprint density at radius 2 is 2.06 bits per heavy atom. The Morgan fingerprint density at radius 3 is 2.67 bits per heavy atom. The van der Waals surface area contributed by atoms with Gasteiger partial charge in [0, 0.05) is 5.25 Å². The first-order chi connectivity index (χ1) is 8.42. The van der Waals surface area contributed by atoms with Crippen LogP contribution in [0.1, 0.15) is 65.7 Å². The number of aliphatic carboxylic acids is 1. The Labute approximate surface area is 116 Å². The molecule has 1 aliphatic carbocycles. The number of carboxylic acids is 1. The minimum absolute atomic E-state index is 0.552. The summed E-state index contributed by atoms with van der Waals surface area (Å²) in [5.74, 6) is 1.44. The molecule has 2 unspecified atom stereocenters. The third-order valence-corrected chi connectivity index (χ3v) is 5.44. The van der Waals surface area contributed by atoms with Crippen LogP contribution in [0.15, 0.2) is 0 Å². The van der Waals surface area contributed by atoms with Gasteiger partial charge in [0.15, 0.2) is 0 Å². The van der Waals surface area contributed by atoms with E-state index in [1.54, 1.807) is 0 Å². The maximum Gasteiger partial charge on any atom is 0.309 e. The van der Waals surface area contributed by atoms with Crippen LogP contribution in [0, 0.1) is 11.3 Å². The average molecular weight is 272 g/mol. The van der Waals surface area contributed by atoms with Crippen LogP contribution >= 0.6 is 11.8 Å². The molecule has 0 saturated heterocycles. The van der Waals surface area contributed by atoms with Gasteiger partial charge in [-0.3, -0.25) is 4.79 Å². The van der Waals surface area contributed by atoms with Gasteiger partial charge in [-0.2, -0.15) is 11.8 Å². The van der Waals surface area contributed by atoms with Crippen molar-refractivity contribution in [3.63, 3.8) is 0 Å². The van der Waals surface area contributed by atoms with Crippen molar-refractivity contribution in [1.29, 1.82) is 0 Å². The van der Waals surface area contributed by atoms with Gasteiger partial charge in [0.05, 0.1) is 5.41 Å². The molecule has 0 aliphatic heterocycles. The molecule has 0 aromatic rings. The maximum absolute atomic E-state index is 11.0. The van der Waals surface area contributed by atoms with Crippen LogP contribution in [-0.4, -0.2) is 22.1 Å². The molecule has 0 spiro atoms. The van der Waals surface area contributed by atoms with Gasteiger partial charge in [-0.05, 0) is 51.2 Å². The molecule has 1 rings (SSSR count). The summed E-state index contributed by atoms with van der Waals surface area (Å²) < 4.78 is 0. The molecule has 0 radical (unpaired) electrons. The normalized spacial score (nSPS) is 25.1. The SMILES string of the molecule is CC1CCCC(SCCCCC(C)(C)C(=O)O)C1. The van der Waals surface area contributed by atoms with Gasteiger partial charge in [-0.1, -0.05) is 26.2 Å². The van der Waals surface area contributed by atoms with Gasteiger partial charge in [-0.25, -0.2) is 0 Å². The second-order valence-corrected chi connectivity index (χ2v) is 7.82. The van der Waals surface area contributed by atoms with E-state index in [0.717, 1.165) is 30.4 Å². The number of thioether (sulfide) groups is 1. The minimum Gasteiger partial charge on any atom is -0.481 e. The van der Waals surface area contributed by atoms with Crippen molar-refractivity contribution in [2.24, 2.45) is 11.3 Å². The van der Waals surface area contributed by atoms with E-state index >= 15 is 0 Å². The van der Waals surface area contributed by atoms with Gasteiger partial charge in [-0.15, -0.1) is 0 Å². The van der Waals surface area contributed by atoms with Crippen molar-refractivity contribution in [2.75, 3.05) is 5.75 Å². The summed E-state index contributed by atoms with van der Waals surface area (Å²) >= 11 is 2.11. The number of hydrogen-bond acceptors (Lipinski definition) is 2. The molecule has 0 aromatic heterocycles. The summed E-state index contributed by atoms with van der Waals surface area (Å²) in [6.45, 7) is 6.01. The molecule has 3 heteroatoms. The molecule has 1 N–H and O–H groups in total. The van der Waals surface area contributed by atoms with Crippen molar-refractivity contribution < 1.29 is 9.90 Å². The van der Waals surface area contributed by atoms with Crippen molar-refractivity contribution in [3.8, 4) is 0 Å². The number of carbonyl (C=O) groups is 1. The van der Waals surface area contributed by atoms with E-state index in [-0.39, 0.29) is 0 Å². The van der Waals surface area contributed by atoms with Crippen LogP contribution in [0.25, 0.3) is 0 Å². The van der Waals surface area contributed by atoms with Gasteiger partial charge in [0.2, 0.25) is 0 Å². The second kappa shape index (κ2) is 7.42. The summed E-state index contributed by atoms with van der Waals surface area (Å²) in [6, 6.07) is 0. The Hall–Kier alpha value is -0.180. The lowest BCUT2D eigenvalue weighted by Crippen LogP contribution is -2.23. The molecule has 0 amide bonds. The lowest BCUT2D eigenvalue weighted by atomic mass is 9.88. The van der Waals surface area contributed by atoms with E-state index in [1.165, 1.54) is 31.4 Å². The third kappa shape index (κ3) is 5.64. The standard InChI is InChI=1S/C15H28O2S/c1-12-7-6-8-13(11-12)18-10-5-4-9-15(2,3)14(16)17/h12-13H,4-11H2,1-3H3,(H,16,17). The Morgan fingerprint density at radius 1 is 1.33 bits per heavy atom. The molecule has 1 aliphatic rings. The summed E-state index contributed by atoms with van der Waals surface area (Å²) in [7, 11) is 0. The van der Waals surface area contributed by atoms with Gasteiger partial charge in [0.25, 0.3) is 0 Å². The summed E-state index contributed by atoms with van der Waals surface area (Å²) in [5.41, 5.74) is -0.552. The maximum atomic E-state index is 11.0. The highest BCUT2D eigenvalue weighted by Gasteiger charge is 2.26. The van der Waals surface area contributed by atoms with Crippen molar-refractivity contribution in [2.45, 2.75) is 71.0 Å². The topological polar surface area (TPSA) is 37.3 Å². The Bertz CT molecular complexity index is 263. The molecule has 18 heavy (non-hydrogen) atoms. The highest BCUT2D eigenvalue weighted by atomic mass is 32.2. The fraction of sp³-hybridized carbons (Fsp3) is 0.933. The first-order valence-electron chi connectivity index (χ1n) is 7.27. The minimum atomic E-state index is -0.670. The van der Waals surface area contributed by atoms with Crippen LogP contribution in [0.4, 0.5) is 0 Å². The molecule has 0 heterocycles. The van der Waals surface area contributed by atoms with Gasteiger partial charge < -0.3 is 5.11 Å². The van der Waals surface area contributed by atoms with Gasteiger partial charge >= 0.3 is 5.97 Å². The predicted octanol–water partition coefficient (Wildman–Crippen LogP) is 4.58. The lowest BCUT2D eigenvalue weighted by Gasteiger charge is -2.26. The first-order valence-corrected chi connectivity index (χ1v) is 8.31. The zero-order valence-corrected chi connectivity index (χ0v) is 12.9. The zero-order chi connectivity index (χ0) is 13.6. The molecule has 2 nitrogen and oxygen atoms in total. The fourth-order valence-corrected chi connectivity index (χ4v) is 4.06. The molecule has 2 atom stereocenters. The molecule has 106 valence electrons. The summed E-state index contributed by atoms with van der Waals surface area (Å²) in [4.78, 5) is 11.0. The molecular weight excluding hydrogens is 244 g/mol. The smallest absolute Gasteiger partial charge is 0.309 e.